The first-order chi connectivity index (χ1) is 5.86. The lowest BCUT2D eigenvalue weighted by atomic mass is 10.0. The molecule has 0 fully saturated rings. The van der Waals surface area contributed by atoms with Gasteiger partial charge in [0.2, 0.25) is 5.91 Å². The second-order valence-electron chi connectivity index (χ2n) is 3.92. The maximum absolute atomic E-state index is 11.6. The smallest absolute Gasteiger partial charge is 0.239 e. The van der Waals surface area contributed by atoms with Crippen molar-refractivity contribution in [3.05, 3.63) is 12.2 Å². The van der Waals surface area contributed by atoms with Gasteiger partial charge in [-0.25, -0.2) is 0 Å². The molecule has 3 heteroatoms. The van der Waals surface area contributed by atoms with Crippen molar-refractivity contribution in [1.82, 2.24) is 4.90 Å². The van der Waals surface area contributed by atoms with Gasteiger partial charge in [0, 0.05) is 13.6 Å². The van der Waals surface area contributed by atoms with E-state index in [4.69, 9.17) is 5.73 Å². The lowest BCUT2D eigenvalue weighted by Gasteiger charge is -2.23. The maximum atomic E-state index is 11.6. The topological polar surface area (TPSA) is 46.3 Å². The molecule has 2 N–H and O–H groups in total. The number of carbonyl (C=O) groups excluding carboxylic acids is 1. The third-order valence-electron chi connectivity index (χ3n) is 1.89. The molecule has 0 aliphatic heterocycles. The summed E-state index contributed by atoms with van der Waals surface area (Å²) in [5.41, 5.74) is 6.68. The monoisotopic (exact) mass is 184 g/mol. The minimum Gasteiger partial charge on any atom is -0.340 e. The summed E-state index contributed by atoms with van der Waals surface area (Å²) in [5, 5.41) is 0. The van der Waals surface area contributed by atoms with E-state index < -0.39 is 6.04 Å². The van der Waals surface area contributed by atoms with Crippen molar-refractivity contribution in [1.29, 1.82) is 0 Å². The van der Waals surface area contributed by atoms with Crippen LogP contribution in [0.4, 0.5) is 0 Å². The summed E-state index contributed by atoms with van der Waals surface area (Å²) < 4.78 is 0. The summed E-state index contributed by atoms with van der Waals surface area (Å²) >= 11 is 0. The Morgan fingerprint density at radius 3 is 2.31 bits per heavy atom. The fourth-order valence-corrected chi connectivity index (χ4v) is 1.02. The number of rotatable bonds is 4. The average Bonchev–Trinajstić information content (AvgIpc) is 2.00. The Balaban J connectivity index is 4.17. The molecule has 0 aromatic heterocycles. The number of carbonyl (C=O) groups is 1. The Morgan fingerprint density at radius 2 is 2.00 bits per heavy atom. The van der Waals surface area contributed by atoms with Crippen molar-refractivity contribution in [2.24, 2.45) is 11.7 Å². The molecule has 0 heterocycles. The fraction of sp³-hybridized carbons (Fsp3) is 0.700. The van der Waals surface area contributed by atoms with Crippen LogP contribution in [0.15, 0.2) is 12.2 Å². The van der Waals surface area contributed by atoms with Crippen LogP contribution in [0.2, 0.25) is 0 Å². The molecule has 0 spiro atoms. The van der Waals surface area contributed by atoms with Gasteiger partial charge in [0.15, 0.2) is 0 Å². The third-order valence-corrected chi connectivity index (χ3v) is 1.89. The lowest BCUT2D eigenvalue weighted by molar-refractivity contribution is -0.131. The van der Waals surface area contributed by atoms with E-state index in [1.807, 2.05) is 20.8 Å². The number of hydrogen-bond donors (Lipinski definition) is 1. The lowest BCUT2D eigenvalue weighted by Crippen LogP contribution is -2.45. The van der Waals surface area contributed by atoms with Crippen LogP contribution < -0.4 is 5.73 Å². The third kappa shape index (κ3) is 4.08. The maximum Gasteiger partial charge on any atom is 0.239 e. The van der Waals surface area contributed by atoms with Gasteiger partial charge in [0.05, 0.1) is 6.04 Å². The molecule has 3 nitrogen and oxygen atoms in total. The molecule has 13 heavy (non-hydrogen) atoms. The largest absolute Gasteiger partial charge is 0.340 e. The summed E-state index contributed by atoms with van der Waals surface area (Å²) in [6.07, 6.45) is 0. The Hall–Kier alpha value is -0.830. The van der Waals surface area contributed by atoms with Crippen molar-refractivity contribution in [3.63, 3.8) is 0 Å². The molecule has 0 saturated heterocycles. The first-order valence-electron chi connectivity index (χ1n) is 4.51. The van der Waals surface area contributed by atoms with E-state index >= 15 is 0 Å². The molecular weight excluding hydrogens is 164 g/mol. The standard InChI is InChI=1S/C10H20N2O/c1-7(2)6-12(5)10(13)9(11)8(3)4/h8-9H,1,6,11H2,2-5H3/t9-/m1/s1. The van der Waals surface area contributed by atoms with Gasteiger partial charge < -0.3 is 10.6 Å². The highest BCUT2D eigenvalue weighted by Crippen LogP contribution is 2.03. The van der Waals surface area contributed by atoms with Gasteiger partial charge in [-0.05, 0) is 12.8 Å². The minimum atomic E-state index is -0.399. The fourth-order valence-electron chi connectivity index (χ4n) is 1.02. The molecular formula is C10H20N2O. The predicted molar refractivity (Wildman–Crippen MR) is 55.3 cm³/mol. The van der Waals surface area contributed by atoms with Crippen molar-refractivity contribution in [2.45, 2.75) is 26.8 Å². The number of nitrogens with zero attached hydrogens (tertiary/aromatic N) is 1. The van der Waals surface area contributed by atoms with E-state index in [2.05, 4.69) is 6.58 Å². The van der Waals surface area contributed by atoms with Crippen molar-refractivity contribution in [2.75, 3.05) is 13.6 Å². The first-order valence-corrected chi connectivity index (χ1v) is 4.51. The predicted octanol–water partition coefficient (Wildman–Crippen LogP) is 1.00. The molecule has 76 valence electrons. The van der Waals surface area contributed by atoms with E-state index in [-0.39, 0.29) is 11.8 Å². The Kier molecular flexibility index (Phi) is 4.70. The highest BCUT2D eigenvalue weighted by atomic mass is 16.2. The molecule has 0 saturated carbocycles. The minimum absolute atomic E-state index is 0.0157. The van der Waals surface area contributed by atoms with Crippen LogP contribution in [-0.2, 0) is 4.79 Å². The van der Waals surface area contributed by atoms with Crippen molar-refractivity contribution in [3.8, 4) is 0 Å². The molecule has 0 aliphatic rings. The van der Waals surface area contributed by atoms with Crippen LogP contribution in [-0.4, -0.2) is 30.4 Å². The van der Waals surface area contributed by atoms with E-state index in [1.54, 1.807) is 11.9 Å². The van der Waals surface area contributed by atoms with Gasteiger partial charge >= 0.3 is 0 Å². The molecule has 0 rings (SSSR count). The van der Waals surface area contributed by atoms with Crippen LogP contribution >= 0.6 is 0 Å². The van der Waals surface area contributed by atoms with E-state index in [0.29, 0.717) is 6.54 Å². The zero-order chi connectivity index (χ0) is 10.6. The summed E-state index contributed by atoms with van der Waals surface area (Å²) in [4.78, 5) is 13.2. The van der Waals surface area contributed by atoms with Gasteiger partial charge in [-0.15, -0.1) is 0 Å². The Labute approximate surface area is 80.6 Å². The second-order valence-corrected chi connectivity index (χ2v) is 3.92. The Morgan fingerprint density at radius 1 is 1.54 bits per heavy atom. The van der Waals surface area contributed by atoms with Crippen LogP contribution in [0.5, 0.6) is 0 Å². The second kappa shape index (κ2) is 5.02. The van der Waals surface area contributed by atoms with Crippen LogP contribution in [0.25, 0.3) is 0 Å². The summed E-state index contributed by atoms with van der Waals surface area (Å²) in [5.74, 6) is 0.165. The molecule has 0 aromatic rings. The number of hydrogen-bond acceptors (Lipinski definition) is 2. The quantitative estimate of drug-likeness (QED) is 0.663. The Bertz CT molecular complexity index is 199. The first kappa shape index (κ1) is 12.2. The zero-order valence-electron chi connectivity index (χ0n) is 9.00. The normalized spacial score (nSPS) is 12.8. The van der Waals surface area contributed by atoms with Crippen LogP contribution in [0.3, 0.4) is 0 Å². The molecule has 1 amide bonds. The summed E-state index contributed by atoms with van der Waals surface area (Å²) in [6.45, 7) is 10.1. The SMILES string of the molecule is C=C(C)CN(C)C(=O)[C@H](N)C(C)C. The zero-order valence-corrected chi connectivity index (χ0v) is 9.00. The van der Waals surface area contributed by atoms with Crippen molar-refractivity contribution < 1.29 is 4.79 Å². The number of likely N-dealkylation sites (N-methyl/N-ethyl adjacent to an activating group) is 1. The van der Waals surface area contributed by atoms with Gasteiger partial charge in [-0.2, -0.15) is 0 Å². The average molecular weight is 184 g/mol. The van der Waals surface area contributed by atoms with Gasteiger partial charge in [-0.3, -0.25) is 4.79 Å². The molecule has 0 radical (unpaired) electrons. The highest BCUT2D eigenvalue weighted by molar-refractivity contribution is 5.81. The molecule has 1 atom stereocenters. The molecule has 0 aliphatic carbocycles. The van der Waals surface area contributed by atoms with Crippen LogP contribution in [0.1, 0.15) is 20.8 Å². The van der Waals surface area contributed by atoms with Gasteiger partial charge in [-0.1, -0.05) is 26.0 Å². The summed E-state index contributed by atoms with van der Waals surface area (Å²) in [6, 6.07) is -0.399. The van der Waals surface area contributed by atoms with E-state index in [0.717, 1.165) is 5.57 Å². The van der Waals surface area contributed by atoms with E-state index in [1.165, 1.54) is 0 Å². The number of amides is 1. The van der Waals surface area contributed by atoms with Crippen LogP contribution in [0, 0.1) is 5.92 Å². The number of nitrogens with two attached hydrogens (primary N) is 1. The highest BCUT2D eigenvalue weighted by Gasteiger charge is 2.20. The molecule has 0 aromatic carbocycles. The van der Waals surface area contributed by atoms with Gasteiger partial charge in [0.25, 0.3) is 0 Å². The summed E-state index contributed by atoms with van der Waals surface area (Å²) in [7, 11) is 1.75. The van der Waals surface area contributed by atoms with Crippen molar-refractivity contribution >= 4 is 5.91 Å². The molecule has 0 unspecified atom stereocenters. The van der Waals surface area contributed by atoms with E-state index in [9.17, 15) is 4.79 Å². The molecule has 0 bridgehead atoms. The van der Waals surface area contributed by atoms with Gasteiger partial charge in [0.1, 0.15) is 0 Å².